The molecule has 23 heavy (non-hydrogen) atoms. The highest BCUT2D eigenvalue weighted by Crippen LogP contribution is 2.21. The smallest absolute Gasteiger partial charge is 0.266 e. The molecule has 0 saturated carbocycles. The molecule has 2 amide bonds. The number of halogens is 2. The van der Waals surface area contributed by atoms with Crippen LogP contribution in [0.4, 0.5) is 8.78 Å². The van der Waals surface area contributed by atoms with Crippen LogP contribution < -0.4 is 4.72 Å². The van der Waals surface area contributed by atoms with Crippen molar-refractivity contribution in [1.29, 1.82) is 0 Å². The standard InChI is InChI=1S/C14H16F2N2O4S/c1-8-5-12(11(16)7-10(8)15)23(21,22)17-14(20)9-3-4-18(2)13(19)6-9/h5,7,9H,3-4,6H2,1-2H3,(H,17,20). The molecule has 0 aromatic heterocycles. The Morgan fingerprint density at radius 3 is 2.57 bits per heavy atom. The highest BCUT2D eigenvalue weighted by Gasteiger charge is 2.32. The summed E-state index contributed by atoms with van der Waals surface area (Å²) in [5.41, 5.74) is -0.0614. The van der Waals surface area contributed by atoms with E-state index in [2.05, 4.69) is 0 Å². The number of aryl methyl sites for hydroxylation is 1. The van der Waals surface area contributed by atoms with Crippen LogP contribution >= 0.6 is 0 Å². The molecule has 1 unspecified atom stereocenters. The molecular formula is C14H16F2N2O4S. The topological polar surface area (TPSA) is 83.6 Å². The molecule has 1 saturated heterocycles. The van der Waals surface area contributed by atoms with Crippen molar-refractivity contribution in [2.24, 2.45) is 5.92 Å². The summed E-state index contributed by atoms with van der Waals surface area (Å²) in [5.74, 6) is -4.09. The molecule has 0 bridgehead atoms. The average molecular weight is 346 g/mol. The molecule has 1 heterocycles. The largest absolute Gasteiger partial charge is 0.346 e. The average Bonchev–Trinajstić information content (AvgIpc) is 2.45. The number of amides is 2. The van der Waals surface area contributed by atoms with Gasteiger partial charge in [-0.3, -0.25) is 9.59 Å². The number of hydrogen-bond donors (Lipinski definition) is 1. The lowest BCUT2D eigenvalue weighted by Crippen LogP contribution is -2.43. The zero-order chi connectivity index (χ0) is 17.4. The van der Waals surface area contributed by atoms with Gasteiger partial charge in [0.25, 0.3) is 10.0 Å². The molecule has 1 atom stereocenters. The van der Waals surface area contributed by atoms with Crippen LogP contribution in [0.3, 0.4) is 0 Å². The van der Waals surface area contributed by atoms with Gasteiger partial charge >= 0.3 is 0 Å². The van der Waals surface area contributed by atoms with E-state index in [1.165, 1.54) is 11.8 Å². The second kappa shape index (κ2) is 6.23. The van der Waals surface area contributed by atoms with Crippen molar-refractivity contribution in [1.82, 2.24) is 9.62 Å². The van der Waals surface area contributed by atoms with Gasteiger partial charge in [-0.25, -0.2) is 21.9 Å². The highest BCUT2D eigenvalue weighted by molar-refractivity contribution is 7.90. The van der Waals surface area contributed by atoms with Crippen molar-refractivity contribution in [3.8, 4) is 0 Å². The molecule has 1 aliphatic rings. The third-order valence-corrected chi connectivity index (χ3v) is 5.13. The second-order valence-corrected chi connectivity index (χ2v) is 7.16. The van der Waals surface area contributed by atoms with Crippen LogP contribution in [-0.4, -0.2) is 38.7 Å². The summed E-state index contributed by atoms with van der Waals surface area (Å²) >= 11 is 0. The fourth-order valence-corrected chi connectivity index (χ4v) is 3.46. The molecule has 0 spiro atoms. The van der Waals surface area contributed by atoms with E-state index in [0.717, 1.165) is 6.07 Å². The molecule has 126 valence electrons. The Morgan fingerprint density at radius 1 is 1.30 bits per heavy atom. The quantitative estimate of drug-likeness (QED) is 0.883. The van der Waals surface area contributed by atoms with Crippen LogP contribution in [0.1, 0.15) is 18.4 Å². The predicted octanol–water partition coefficient (Wildman–Crippen LogP) is 0.947. The van der Waals surface area contributed by atoms with Gasteiger partial charge in [-0.15, -0.1) is 0 Å². The maximum Gasteiger partial charge on any atom is 0.266 e. The molecule has 1 aliphatic heterocycles. The van der Waals surface area contributed by atoms with Crippen molar-refractivity contribution >= 4 is 21.8 Å². The van der Waals surface area contributed by atoms with Crippen molar-refractivity contribution in [3.05, 3.63) is 29.3 Å². The van der Waals surface area contributed by atoms with E-state index < -0.39 is 38.4 Å². The first kappa shape index (κ1) is 17.3. The van der Waals surface area contributed by atoms with Gasteiger partial charge in [0.05, 0.1) is 0 Å². The lowest BCUT2D eigenvalue weighted by molar-refractivity contribution is -0.138. The second-order valence-electron chi connectivity index (χ2n) is 5.51. The third kappa shape index (κ3) is 3.66. The molecule has 1 aromatic carbocycles. The third-order valence-electron chi connectivity index (χ3n) is 3.77. The molecule has 1 N–H and O–H groups in total. The summed E-state index contributed by atoms with van der Waals surface area (Å²) in [6, 6.07) is 1.27. The van der Waals surface area contributed by atoms with Crippen molar-refractivity contribution in [2.75, 3.05) is 13.6 Å². The van der Waals surface area contributed by atoms with E-state index in [1.54, 1.807) is 11.8 Å². The predicted molar refractivity (Wildman–Crippen MR) is 76.8 cm³/mol. The number of piperidine rings is 1. The van der Waals surface area contributed by atoms with E-state index in [1.807, 2.05) is 0 Å². The molecule has 6 nitrogen and oxygen atoms in total. The van der Waals surface area contributed by atoms with Crippen LogP contribution in [0.5, 0.6) is 0 Å². The minimum absolute atomic E-state index is 0.0614. The number of sulfonamides is 1. The van der Waals surface area contributed by atoms with E-state index in [4.69, 9.17) is 0 Å². The van der Waals surface area contributed by atoms with Crippen LogP contribution in [0.15, 0.2) is 17.0 Å². The SMILES string of the molecule is Cc1cc(S(=O)(=O)NC(=O)C2CCN(C)C(=O)C2)c(F)cc1F. The van der Waals surface area contributed by atoms with Gasteiger partial charge < -0.3 is 4.90 Å². The Balaban J connectivity index is 2.20. The summed E-state index contributed by atoms with van der Waals surface area (Å²) in [5, 5.41) is 0. The number of nitrogens with one attached hydrogen (secondary N) is 1. The summed E-state index contributed by atoms with van der Waals surface area (Å²) in [4.78, 5) is 24.3. The minimum atomic E-state index is -4.48. The first-order valence-electron chi connectivity index (χ1n) is 6.88. The summed E-state index contributed by atoms with van der Waals surface area (Å²) in [6.07, 6.45) is 0.206. The molecule has 1 fully saturated rings. The van der Waals surface area contributed by atoms with E-state index in [9.17, 15) is 26.8 Å². The van der Waals surface area contributed by atoms with Crippen molar-refractivity contribution in [3.63, 3.8) is 0 Å². The van der Waals surface area contributed by atoms with Crippen LogP contribution in [0.25, 0.3) is 0 Å². The summed E-state index contributed by atoms with van der Waals surface area (Å²) < 4.78 is 52.9. The van der Waals surface area contributed by atoms with Gasteiger partial charge in [0, 0.05) is 32.0 Å². The zero-order valence-electron chi connectivity index (χ0n) is 12.6. The lowest BCUT2D eigenvalue weighted by Gasteiger charge is -2.27. The van der Waals surface area contributed by atoms with Crippen LogP contribution in [0.2, 0.25) is 0 Å². The molecule has 9 heteroatoms. The monoisotopic (exact) mass is 346 g/mol. The Kier molecular flexibility index (Phi) is 4.69. The van der Waals surface area contributed by atoms with E-state index in [-0.39, 0.29) is 17.9 Å². The molecule has 1 aromatic rings. The van der Waals surface area contributed by atoms with Crippen molar-refractivity contribution in [2.45, 2.75) is 24.7 Å². The number of nitrogens with zero attached hydrogens (tertiary/aromatic N) is 1. The molecule has 0 aliphatic carbocycles. The maximum atomic E-state index is 13.7. The Hall–Kier alpha value is -2.03. The number of hydrogen-bond acceptors (Lipinski definition) is 4. The van der Waals surface area contributed by atoms with Gasteiger partial charge in [0.2, 0.25) is 11.8 Å². The van der Waals surface area contributed by atoms with Gasteiger partial charge in [0.15, 0.2) is 0 Å². The number of carbonyl (C=O) groups excluding carboxylic acids is 2. The Bertz CT molecular complexity index is 764. The van der Waals surface area contributed by atoms with Crippen LogP contribution in [0, 0.1) is 24.5 Å². The molecular weight excluding hydrogens is 330 g/mol. The fourth-order valence-electron chi connectivity index (χ4n) is 2.27. The lowest BCUT2D eigenvalue weighted by atomic mass is 9.96. The first-order chi connectivity index (χ1) is 10.6. The normalized spacial score (nSPS) is 18.9. The fraction of sp³-hybridized carbons (Fsp3) is 0.429. The zero-order valence-corrected chi connectivity index (χ0v) is 13.4. The van der Waals surface area contributed by atoms with Gasteiger partial charge in [0.1, 0.15) is 16.5 Å². The van der Waals surface area contributed by atoms with E-state index in [0.29, 0.717) is 19.0 Å². The number of benzene rings is 1. The van der Waals surface area contributed by atoms with Crippen molar-refractivity contribution < 1.29 is 26.8 Å². The van der Waals surface area contributed by atoms with Gasteiger partial charge in [-0.1, -0.05) is 0 Å². The maximum absolute atomic E-state index is 13.7. The highest BCUT2D eigenvalue weighted by atomic mass is 32.2. The minimum Gasteiger partial charge on any atom is -0.346 e. The number of carbonyl (C=O) groups is 2. The summed E-state index contributed by atoms with van der Waals surface area (Å²) in [7, 11) is -2.89. The number of rotatable bonds is 3. The Morgan fingerprint density at radius 2 is 1.96 bits per heavy atom. The van der Waals surface area contributed by atoms with E-state index >= 15 is 0 Å². The first-order valence-corrected chi connectivity index (χ1v) is 8.36. The van der Waals surface area contributed by atoms with Gasteiger partial charge in [-0.2, -0.15) is 0 Å². The molecule has 2 rings (SSSR count). The number of likely N-dealkylation sites (tertiary alicyclic amines) is 1. The molecule has 0 radical (unpaired) electrons. The van der Waals surface area contributed by atoms with Gasteiger partial charge in [-0.05, 0) is 25.0 Å². The Labute approximate surface area is 132 Å². The summed E-state index contributed by atoms with van der Waals surface area (Å²) in [6.45, 7) is 1.62. The van der Waals surface area contributed by atoms with Crippen LogP contribution in [-0.2, 0) is 19.6 Å².